The van der Waals surface area contributed by atoms with Crippen LogP contribution in [0.3, 0.4) is 0 Å². The Balaban J connectivity index is 1.97. The molecule has 0 saturated heterocycles. The van der Waals surface area contributed by atoms with Crippen LogP contribution in [0.15, 0.2) is 36.4 Å². The Hall–Kier alpha value is -3.73. The Bertz CT molecular complexity index is 932. The Morgan fingerprint density at radius 1 is 1.04 bits per heavy atom. The molecule has 2 aromatic carbocycles. The number of aryl methyl sites for hydroxylation is 1. The molecule has 0 aliphatic carbocycles. The molecule has 0 aromatic heterocycles. The van der Waals surface area contributed by atoms with E-state index in [1.54, 1.807) is 25.1 Å². The first-order valence-corrected chi connectivity index (χ1v) is 7.97. The van der Waals surface area contributed by atoms with Gasteiger partial charge in [0.15, 0.2) is 6.61 Å². The van der Waals surface area contributed by atoms with Crippen molar-refractivity contribution in [3.63, 3.8) is 0 Å². The van der Waals surface area contributed by atoms with Crippen LogP contribution in [-0.2, 0) is 4.79 Å². The minimum atomic E-state index is -0.970. The summed E-state index contributed by atoms with van der Waals surface area (Å²) in [6.45, 7) is 1.32. The van der Waals surface area contributed by atoms with Gasteiger partial charge in [0.2, 0.25) is 0 Å². The summed E-state index contributed by atoms with van der Waals surface area (Å²) in [6, 6.07) is 7.20. The van der Waals surface area contributed by atoms with Crippen LogP contribution in [0.4, 0.5) is 11.4 Å². The van der Waals surface area contributed by atoms with Gasteiger partial charge in [0.05, 0.1) is 21.5 Å². The van der Waals surface area contributed by atoms with Gasteiger partial charge in [0.1, 0.15) is 5.75 Å². The zero-order chi connectivity index (χ0) is 20.8. The van der Waals surface area contributed by atoms with Gasteiger partial charge in [-0.25, -0.2) is 0 Å². The fourth-order valence-corrected chi connectivity index (χ4v) is 2.15. The Morgan fingerprint density at radius 3 is 2.18 bits per heavy atom. The molecule has 146 valence electrons. The first-order chi connectivity index (χ1) is 13.2. The van der Waals surface area contributed by atoms with Crippen molar-refractivity contribution in [2.75, 3.05) is 6.61 Å². The second kappa shape index (κ2) is 8.77. The summed E-state index contributed by atoms with van der Waals surface area (Å²) in [5.41, 5.74) is 3.17. The standard InChI is InChI=1S/C16H13ClN4O7/c1-9-4-13(2-3-14(9)17)28-8-15(22)18-19-16(23)10-5-11(20(24)25)7-12(6-10)21(26)27/h2-7H,8H2,1H3,(H,18,22)(H,19,23). The van der Waals surface area contributed by atoms with Gasteiger partial charge in [-0.2, -0.15) is 0 Å². The summed E-state index contributed by atoms with van der Waals surface area (Å²) < 4.78 is 5.24. The van der Waals surface area contributed by atoms with Crippen molar-refractivity contribution in [2.45, 2.75) is 6.92 Å². The maximum atomic E-state index is 12.0. The third kappa shape index (κ3) is 5.38. The number of non-ortho nitro benzene ring substituents is 2. The smallest absolute Gasteiger partial charge is 0.277 e. The van der Waals surface area contributed by atoms with E-state index in [0.29, 0.717) is 10.8 Å². The lowest BCUT2D eigenvalue weighted by molar-refractivity contribution is -0.394. The predicted octanol–water partition coefficient (Wildman–Crippen LogP) is 2.30. The number of rotatable bonds is 6. The topological polar surface area (TPSA) is 154 Å². The van der Waals surface area contributed by atoms with Crippen molar-refractivity contribution in [2.24, 2.45) is 0 Å². The first kappa shape index (κ1) is 20.6. The van der Waals surface area contributed by atoms with Crippen LogP contribution < -0.4 is 15.6 Å². The molecule has 0 radical (unpaired) electrons. The van der Waals surface area contributed by atoms with Crippen LogP contribution in [0, 0.1) is 27.2 Å². The molecule has 0 saturated carbocycles. The normalized spacial score (nSPS) is 10.1. The van der Waals surface area contributed by atoms with Crippen LogP contribution in [0.25, 0.3) is 0 Å². The monoisotopic (exact) mass is 408 g/mol. The summed E-state index contributed by atoms with van der Waals surface area (Å²) >= 11 is 5.88. The van der Waals surface area contributed by atoms with Crippen LogP contribution in [0.2, 0.25) is 5.02 Å². The molecule has 28 heavy (non-hydrogen) atoms. The van der Waals surface area contributed by atoms with Crippen molar-refractivity contribution in [1.29, 1.82) is 0 Å². The number of hydrogen-bond acceptors (Lipinski definition) is 7. The molecule has 0 heterocycles. The first-order valence-electron chi connectivity index (χ1n) is 7.59. The summed E-state index contributed by atoms with van der Waals surface area (Å²) in [5, 5.41) is 22.2. The van der Waals surface area contributed by atoms with Gasteiger partial charge < -0.3 is 4.74 Å². The average molecular weight is 409 g/mol. The molecule has 0 unspecified atom stereocenters. The van der Waals surface area contributed by atoms with E-state index < -0.39 is 39.6 Å². The number of hydrogen-bond donors (Lipinski definition) is 2. The number of carbonyl (C=O) groups excluding carboxylic acids is 2. The molecule has 0 aliphatic heterocycles. The summed E-state index contributed by atoms with van der Waals surface area (Å²) in [4.78, 5) is 43.7. The van der Waals surface area contributed by atoms with Crippen LogP contribution in [-0.4, -0.2) is 28.3 Å². The number of nitrogens with one attached hydrogen (secondary N) is 2. The molecule has 2 amide bonds. The van der Waals surface area contributed by atoms with E-state index in [2.05, 4.69) is 0 Å². The highest BCUT2D eigenvalue weighted by Gasteiger charge is 2.20. The summed E-state index contributed by atoms with van der Waals surface area (Å²) in [6.07, 6.45) is 0. The van der Waals surface area contributed by atoms with Gasteiger partial charge in [0.25, 0.3) is 23.2 Å². The number of hydrazine groups is 1. The van der Waals surface area contributed by atoms with Crippen LogP contribution >= 0.6 is 11.6 Å². The lowest BCUT2D eigenvalue weighted by Gasteiger charge is -2.09. The second-order valence-corrected chi connectivity index (χ2v) is 5.86. The molecule has 0 aliphatic rings. The van der Waals surface area contributed by atoms with Gasteiger partial charge in [-0.1, -0.05) is 11.6 Å². The lowest BCUT2D eigenvalue weighted by Crippen LogP contribution is -2.43. The molecule has 12 heteroatoms. The number of nitro groups is 2. The molecule has 11 nitrogen and oxygen atoms in total. The van der Waals surface area contributed by atoms with E-state index in [1.165, 1.54) is 0 Å². The van der Waals surface area contributed by atoms with Crippen molar-refractivity contribution >= 4 is 34.8 Å². The number of carbonyl (C=O) groups is 2. The largest absolute Gasteiger partial charge is 0.484 e. The number of amides is 2. The summed E-state index contributed by atoms with van der Waals surface area (Å²) in [7, 11) is 0. The molecular weight excluding hydrogens is 396 g/mol. The third-order valence-electron chi connectivity index (χ3n) is 3.40. The van der Waals surface area contributed by atoms with Crippen molar-refractivity contribution < 1.29 is 24.2 Å². The molecule has 0 spiro atoms. The highest BCUT2D eigenvalue weighted by atomic mass is 35.5. The van der Waals surface area contributed by atoms with E-state index in [1.807, 2.05) is 10.9 Å². The lowest BCUT2D eigenvalue weighted by atomic mass is 10.1. The minimum Gasteiger partial charge on any atom is -0.484 e. The maximum Gasteiger partial charge on any atom is 0.277 e. The third-order valence-corrected chi connectivity index (χ3v) is 3.83. The molecular formula is C16H13ClN4O7. The average Bonchev–Trinajstić information content (AvgIpc) is 2.66. The van der Waals surface area contributed by atoms with E-state index in [0.717, 1.165) is 23.8 Å². The number of nitro benzene ring substituents is 2. The van der Waals surface area contributed by atoms with Crippen molar-refractivity contribution in [3.8, 4) is 5.75 Å². The Labute approximate surface area is 162 Å². The zero-order valence-electron chi connectivity index (χ0n) is 14.3. The Kier molecular flexibility index (Phi) is 6.45. The fourth-order valence-electron chi connectivity index (χ4n) is 2.03. The van der Waals surface area contributed by atoms with Gasteiger partial charge >= 0.3 is 0 Å². The number of nitrogens with zero attached hydrogens (tertiary/aromatic N) is 2. The highest BCUT2D eigenvalue weighted by Crippen LogP contribution is 2.23. The van der Waals surface area contributed by atoms with Crippen molar-refractivity contribution in [3.05, 3.63) is 72.8 Å². The predicted molar refractivity (Wildman–Crippen MR) is 97.0 cm³/mol. The van der Waals surface area contributed by atoms with Gasteiger partial charge in [-0.15, -0.1) is 0 Å². The SMILES string of the molecule is Cc1cc(OCC(=O)NNC(=O)c2cc([N+](=O)[O-])cc([N+](=O)[O-])c2)ccc1Cl. The Morgan fingerprint density at radius 2 is 1.64 bits per heavy atom. The second-order valence-electron chi connectivity index (χ2n) is 5.45. The molecule has 0 fully saturated rings. The summed E-state index contributed by atoms with van der Waals surface area (Å²) in [5.74, 6) is -1.30. The highest BCUT2D eigenvalue weighted by molar-refractivity contribution is 6.31. The van der Waals surface area contributed by atoms with E-state index in [9.17, 15) is 29.8 Å². The molecule has 2 aromatic rings. The van der Waals surface area contributed by atoms with Gasteiger partial charge in [-0.3, -0.25) is 40.7 Å². The van der Waals surface area contributed by atoms with Gasteiger partial charge in [-0.05, 0) is 30.7 Å². The number of benzene rings is 2. The molecule has 2 N–H and O–H groups in total. The maximum absolute atomic E-state index is 12.0. The number of halogens is 1. The van der Waals surface area contributed by atoms with Gasteiger partial charge in [0, 0.05) is 17.2 Å². The molecule has 0 atom stereocenters. The van der Waals surface area contributed by atoms with Crippen molar-refractivity contribution in [1.82, 2.24) is 10.9 Å². The zero-order valence-corrected chi connectivity index (χ0v) is 15.1. The molecule has 0 bridgehead atoms. The van der Waals surface area contributed by atoms with Crippen LogP contribution in [0.1, 0.15) is 15.9 Å². The minimum absolute atomic E-state index is 0.365. The molecule has 2 rings (SSSR count). The van der Waals surface area contributed by atoms with E-state index >= 15 is 0 Å². The van der Waals surface area contributed by atoms with E-state index in [4.69, 9.17) is 16.3 Å². The quantitative estimate of drug-likeness (QED) is 0.549. The number of ether oxygens (including phenoxy) is 1. The fraction of sp³-hybridized carbons (Fsp3) is 0.125. The van der Waals surface area contributed by atoms with E-state index in [-0.39, 0.29) is 5.56 Å². The van der Waals surface area contributed by atoms with Crippen LogP contribution in [0.5, 0.6) is 5.75 Å².